The fraction of sp³-hybridized carbons (Fsp3) is 1.00. The average Bonchev–Trinajstić information content (AvgIpc) is 2.03. The standard InChI is InChI=1S/C8H19NOS/c1-11-8-4-6-9-5-2-3-7-10/h9-10H,2-8H2,1H3. The van der Waals surface area contributed by atoms with Crippen LogP contribution in [0.25, 0.3) is 0 Å². The van der Waals surface area contributed by atoms with Gasteiger partial charge in [0.15, 0.2) is 0 Å². The van der Waals surface area contributed by atoms with Crippen molar-refractivity contribution in [1.82, 2.24) is 5.32 Å². The van der Waals surface area contributed by atoms with E-state index in [4.69, 9.17) is 5.11 Å². The zero-order valence-electron chi connectivity index (χ0n) is 7.31. The van der Waals surface area contributed by atoms with E-state index in [9.17, 15) is 0 Å². The van der Waals surface area contributed by atoms with E-state index in [-0.39, 0.29) is 0 Å². The molecule has 3 heteroatoms. The Labute approximate surface area is 73.8 Å². The van der Waals surface area contributed by atoms with Crippen LogP contribution in [0.5, 0.6) is 0 Å². The smallest absolute Gasteiger partial charge is 0.0431 e. The van der Waals surface area contributed by atoms with Crippen molar-refractivity contribution in [2.75, 3.05) is 31.7 Å². The Balaban J connectivity index is 2.69. The third-order valence-electron chi connectivity index (χ3n) is 1.46. The van der Waals surface area contributed by atoms with Gasteiger partial charge in [-0.3, -0.25) is 0 Å². The minimum absolute atomic E-state index is 0.326. The lowest BCUT2D eigenvalue weighted by Crippen LogP contribution is -2.17. The average molecular weight is 177 g/mol. The summed E-state index contributed by atoms with van der Waals surface area (Å²) in [4.78, 5) is 0. The van der Waals surface area contributed by atoms with Crippen LogP contribution in [-0.4, -0.2) is 36.8 Å². The highest BCUT2D eigenvalue weighted by Crippen LogP contribution is 1.93. The number of hydrogen-bond donors (Lipinski definition) is 2. The highest BCUT2D eigenvalue weighted by molar-refractivity contribution is 7.98. The van der Waals surface area contributed by atoms with Gasteiger partial charge < -0.3 is 10.4 Å². The highest BCUT2D eigenvalue weighted by Gasteiger charge is 1.87. The predicted molar refractivity (Wildman–Crippen MR) is 52.2 cm³/mol. The minimum atomic E-state index is 0.326. The Kier molecular flexibility index (Phi) is 10.5. The summed E-state index contributed by atoms with van der Waals surface area (Å²) < 4.78 is 0. The van der Waals surface area contributed by atoms with Crippen molar-refractivity contribution in [2.24, 2.45) is 0 Å². The Morgan fingerprint density at radius 3 is 2.55 bits per heavy atom. The fourth-order valence-electron chi connectivity index (χ4n) is 0.828. The van der Waals surface area contributed by atoms with Gasteiger partial charge in [0.2, 0.25) is 0 Å². The number of hydrogen-bond acceptors (Lipinski definition) is 3. The maximum atomic E-state index is 8.48. The van der Waals surface area contributed by atoms with Crippen LogP contribution in [0.2, 0.25) is 0 Å². The normalized spacial score (nSPS) is 10.4. The molecule has 0 heterocycles. The Bertz CT molecular complexity index is 63.1. The molecule has 2 nitrogen and oxygen atoms in total. The van der Waals surface area contributed by atoms with Crippen LogP contribution in [0, 0.1) is 0 Å². The molecule has 0 aliphatic heterocycles. The molecule has 0 atom stereocenters. The maximum absolute atomic E-state index is 8.48. The van der Waals surface area contributed by atoms with Crippen molar-refractivity contribution < 1.29 is 5.11 Å². The van der Waals surface area contributed by atoms with Crippen LogP contribution in [0.4, 0.5) is 0 Å². The van der Waals surface area contributed by atoms with Crippen molar-refractivity contribution in [3.63, 3.8) is 0 Å². The van der Waals surface area contributed by atoms with Crippen molar-refractivity contribution in [2.45, 2.75) is 19.3 Å². The second-order valence-electron chi connectivity index (χ2n) is 2.53. The first kappa shape index (κ1) is 11.3. The van der Waals surface area contributed by atoms with Gasteiger partial charge in [0, 0.05) is 6.61 Å². The van der Waals surface area contributed by atoms with Gasteiger partial charge in [0.1, 0.15) is 0 Å². The molecule has 0 saturated heterocycles. The summed E-state index contributed by atoms with van der Waals surface area (Å²) >= 11 is 1.89. The predicted octanol–water partition coefficient (Wildman–Crippen LogP) is 1.10. The van der Waals surface area contributed by atoms with Crippen LogP contribution in [0.15, 0.2) is 0 Å². The Hall–Kier alpha value is 0.270. The fourth-order valence-corrected chi connectivity index (χ4v) is 1.26. The van der Waals surface area contributed by atoms with E-state index in [1.54, 1.807) is 0 Å². The van der Waals surface area contributed by atoms with Crippen molar-refractivity contribution in [1.29, 1.82) is 0 Å². The molecular formula is C8H19NOS. The number of aliphatic hydroxyl groups is 1. The largest absolute Gasteiger partial charge is 0.396 e. The molecule has 0 radical (unpaired) electrons. The van der Waals surface area contributed by atoms with Crippen LogP contribution >= 0.6 is 11.8 Å². The summed E-state index contributed by atoms with van der Waals surface area (Å²) in [5.74, 6) is 1.24. The molecule has 0 aromatic carbocycles. The molecule has 11 heavy (non-hydrogen) atoms. The first-order valence-electron chi connectivity index (χ1n) is 4.22. The topological polar surface area (TPSA) is 32.3 Å². The third-order valence-corrected chi connectivity index (χ3v) is 2.16. The number of rotatable bonds is 8. The molecule has 0 aromatic heterocycles. The second kappa shape index (κ2) is 10.3. The zero-order valence-corrected chi connectivity index (χ0v) is 8.12. The van der Waals surface area contributed by atoms with Gasteiger partial charge in [-0.2, -0.15) is 11.8 Å². The summed E-state index contributed by atoms with van der Waals surface area (Å²) in [6.45, 7) is 2.49. The van der Waals surface area contributed by atoms with E-state index in [1.165, 1.54) is 12.2 Å². The maximum Gasteiger partial charge on any atom is 0.0431 e. The first-order valence-corrected chi connectivity index (χ1v) is 5.61. The molecule has 68 valence electrons. The Morgan fingerprint density at radius 1 is 1.18 bits per heavy atom. The lowest BCUT2D eigenvalue weighted by atomic mass is 10.3. The minimum Gasteiger partial charge on any atom is -0.396 e. The molecular weight excluding hydrogens is 158 g/mol. The van der Waals surface area contributed by atoms with Gasteiger partial charge in [0.05, 0.1) is 0 Å². The van der Waals surface area contributed by atoms with Crippen molar-refractivity contribution >= 4 is 11.8 Å². The van der Waals surface area contributed by atoms with Gasteiger partial charge in [-0.15, -0.1) is 0 Å². The SMILES string of the molecule is CSCCCNCCCCO. The second-order valence-corrected chi connectivity index (χ2v) is 3.51. The summed E-state index contributed by atoms with van der Waals surface area (Å²) in [6.07, 6.45) is 5.40. The summed E-state index contributed by atoms with van der Waals surface area (Å²) in [5, 5.41) is 11.8. The van der Waals surface area contributed by atoms with Crippen LogP contribution in [0.3, 0.4) is 0 Å². The number of thioether (sulfide) groups is 1. The number of aliphatic hydroxyl groups excluding tert-OH is 1. The molecule has 0 aromatic rings. The van der Waals surface area contributed by atoms with Gasteiger partial charge in [0.25, 0.3) is 0 Å². The van der Waals surface area contributed by atoms with Crippen molar-refractivity contribution in [3.8, 4) is 0 Å². The molecule has 0 bridgehead atoms. The summed E-state index contributed by atoms with van der Waals surface area (Å²) in [5.41, 5.74) is 0. The van der Waals surface area contributed by atoms with E-state index < -0.39 is 0 Å². The quantitative estimate of drug-likeness (QED) is 0.545. The van der Waals surface area contributed by atoms with Gasteiger partial charge in [-0.25, -0.2) is 0 Å². The molecule has 0 fully saturated rings. The van der Waals surface area contributed by atoms with E-state index >= 15 is 0 Å². The molecule has 0 spiro atoms. The lowest BCUT2D eigenvalue weighted by Gasteiger charge is -2.01. The molecule has 0 unspecified atom stereocenters. The van der Waals surface area contributed by atoms with E-state index in [2.05, 4.69) is 11.6 Å². The van der Waals surface area contributed by atoms with E-state index in [1.807, 2.05) is 11.8 Å². The van der Waals surface area contributed by atoms with E-state index in [0.29, 0.717) is 6.61 Å². The lowest BCUT2D eigenvalue weighted by molar-refractivity contribution is 0.284. The number of unbranched alkanes of at least 4 members (excludes halogenated alkanes) is 1. The number of nitrogens with one attached hydrogen (secondary N) is 1. The van der Waals surface area contributed by atoms with Gasteiger partial charge in [-0.05, 0) is 44.4 Å². The van der Waals surface area contributed by atoms with Crippen LogP contribution in [0.1, 0.15) is 19.3 Å². The van der Waals surface area contributed by atoms with Crippen LogP contribution in [-0.2, 0) is 0 Å². The highest BCUT2D eigenvalue weighted by atomic mass is 32.2. The molecule has 2 N–H and O–H groups in total. The van der Waals surface area contributed by atoms with Crippen molar-refractivity contribution in [3.05, 3.63) is 0 Å². The Morgan fingerprint density at radius 2 is 1.91 bits per heavy atom. The summed E-state index contributed by atoms with van der Waals surface area (Å²) in [7, 11) is 0. The molecule has 0 aliphatic rings. The van der Waals surface area contributed by atoms with E-state index in [0.717, 1.165) is 25.9 Å². The van der Waals surface area contributed by atoms with Gasteiger partial charge in [-0.1, -0.05) is 0 Å². The first-order chi connectivity index (χ1) is 5.41. The van der Waals surface area contributed by atoms with Gasteiger partial charge >= 0.3 is 0 Å². The molecule has 0 aliphatic carbocycles. The zero-order chi connectivity index (χ0) is 8.36. The monoisotopic (exact) mass is 177 g/mol. The third kappa shape index (κ3) is 10.3. The summed E-state index contributed by atoms with van der Waals surface area (Å²) in [6, 6.07) is 0. The van der Waals surface area contributed by atoms with Crippen LogP contribution < -0.4 is 5.32 Å². The molecule has 0 amide bonds. The molecule has 0 rings (SSSR count). The molecule has 0 saturated carbocycles.